The van der Waals surface area contributed by atoms with Gasteiger partial charge in [0.15, 0.2) is 0 Å². The summed E-state index contributed by atoms with van der Waals surface area (Å²) in [5, 5.41) is 3.09. The van der Waals surface area contributed by atoms with Gasteiger partial charge < -0.3 is 10.2 Å². The highest BCUT2D eigenvalue weighted by Crippen LogP contribution is 2.23. The number of benzene rings is 1. The SMILES string of the molecule is CNCCC1CCCN1C(=O)c1ccccc1F. The van der Waals surface area contributed by atoms with Crippen LogP contribution in [0.5, 0.6) is 0 Å². The van der Waals surface area contributed by atoms with Crippen LogP contribution in [0.15, 0.2) is 24.3 Å². The molecule has 3 nitrogen and oxygen atoms in total. The molecule has 2 rings (SSSR count). The normalized spacial score (nSPS) is 19.2. The summed E-state index contributed by atoms with van der Waals surface area (Å²) in [5.74, 6) is -0.603. The van der Waals surface area contributed by atoms with Gasteiger partial charge in [-0.25, -0.2) is 4.39 Å². The van der Waals surface area contributed by atoms with Gasteiger partial charge in [-0.05, 0) is 45.0 Å². The van der Waals surface area contributed by atoms with Crippen LogP contribution in [0.3, 0.4) is 0 Å². The fourth-order valence-corrected chi connectivity index (χ4v) is 2.50. The quantitative estimate of drug-likeness (QED) is 0.887. The van der Waals surface area contributed by atoms with Gasteiger partial charge in [-0.1, -0.05) is 12.1 Å². The van der Waals surface area contributed by atoms with Crippen molar-refractivity contribution in [2.24, 2.45) is 0 Å². The van der Waals surface area contributed by atoms with Crippen molar-refractivity contribution in [3.05, 3.63) is 35.6 Å². The van der Waals surface area contributed by atoms with E-state index in [9.17, 15) is 9.18 Å². The zero-order valence-electron chi connectivity index (χ0n) is 10.7. The number of carbonyl (C=O) groups is 1. The number of amides is 1. The molecule has 1 aliphatic rings. The zero-order chi connectivity index (χ0) is 13.0. The molecule has 0 aromatic heterocycles. The average Bonchev–Trinajstić information content (AvgIpc) is 2.84. The Bertz CT molecular complexity index is 422. The van der Waals surface area contributed by atoms with E-state index >= 15 is 0 Å². The van der Waals surface area contributed by atoms with E-state index in [1.54, 1.807) is 18.2 Å². The number of carbonyl (C=O) groups excluding carboxylic acids is 1. The minimum atomic E-state index is -0.429. The molecule has 18 heavy (non-hydrogen) atoms. The van der Waals surface area contributed by atoms with Crippen LogP contribution >= 0.6 is 0 Å². The average molecular weight is 250 g/mol. The summed E-state index contributed by atoms with van der Waals surface area (Å²) < 4.78 is 13.6. The van der Waals surface area contributed by atoms with E-state index in [0.717, 1.165) is 32.4 Å². The lowest BCUT2D eigenvalue weighted by Gasteiger charge is -2.25. The fraction of sp³-hybridized carbons (Fsp3) is 0.500. The monoisotopic (exact) mass is 250 g/mol. The molecule has 1 amide bonds. The Labute approximate surface area is 107 Å². The van der Waals surface area contributed by atoms with Crippen molar-refractivity contribution in [3.8, 4) is 0 Å². The standard InChI is InChI=1S/C14H19FN2O/c1-16-9-8-11-5-4-10-17(11)14(18)12-6-2-3-7-13(12)15/h2-3,6-7,11,16H,4-5,8-10H2,1H3. The van der Waals surface area contributed by atoms with Crippen molar-refractivity contribution in [1.29, 1.82) is 0 Å². The van der Waals surface area contributed by atoms with Crippen molar-refractivity contribution in [3.63, 3.8) is 0 Å². The second kappa shape index (κ2) is 5.96. The number of nitrogens with one attached hydrogen (secondary N) is 1. The van der Waals surface area contributed by atoms with Crippen molar-refractivity contribution in [1.82, 2.24) is 10.2 Å². The molecule has 0 saturated carbocycles. The summed E-state index contributed by atoms with van der Waals surface area (Å²) in [6, 6.07) is 6.45. The molecule has 1 aliphatic heterocycles. The largest absolute Gasteiger partial charge is 0.336 e. The number of rotatable bonds is 4. The van der Waals surface area contributed by atoms with Crippen LogP contribution in [0.1, 0.15) is 29.6 Å². The summed E-state index contributed by atoms with van der Waals surface area (Å²) in [5.41, 5.74) is 0.189. The van der Waals surface area contributed by atoms with Crippen molar-refractivity contribution in [2.45, 2.75) is 25.3 Å². The maximum atomic E-state index is 13.6. The van der Waals surface area contributed by atoms with Gasteiger partial charge in [-0.2, -0.15) is 0 Å². The molecule has 1 aromatic rings. The number of nitrogens with zero attached hydrogens (tertiary/aromatic N) is 1. The molecule has 1 heterocycles. The lowest BCUT2D eigenvalue weighted by Crippen LogP contribution is -2.37. The molecule has 4 heteroatoms. The van der Waals surface area contributed by atoms with Gasteiger partial charge in [0.05, 0.1) is 5.56 Å². The molecule has 0 aliphatic carbocycles. The second-order valence-electron chi connectivity index (χ2n) is 4.67. The highest BCUT2D eigenvalue weighted by atomic mass is 19.1. The molecule has 1 unspecified atom stereocenters. The van der Waals surface area contributed by atoms with Gasteiger partial charge in [0.2, 0.25) is 0 Å². The van der Waals surface area contributed by atoms with E-state index in [4.69, 9.17) is 0 Å². The molecule has 0 spiro atoms. The van der Waals surface area contributed by atoms with E-state index in [2.05, 4.69) is 5.32 Å². The van der Waals surface area contributed by atoms with Gasteiger partial charge in [0.1, 0.15) is 5.82 Å². The van der Waals surface area contributed by atoms with Crippen LogP contribution in [0, 0.1) is 5.82 Å². The first-order chi connectivity index (χ1) is 8.74. The Morgan fingerprint density at radius 3 is 3.00 bits per heavy atom. The van der Waals surface area contributed by atoms with Crippen molar-refractivity contribution >= 4 is 5.91 Å². The van der Waals surface area contributed by atoms with Crippen LogP contribution in [0.4, 0.5) is 4.39 Å². The van der Waals surface area contributed by atoms with Gasteiger partial charge >= 0.3 is 0 Å². The second-order valence-corrected chi connectivity index (χ2v) is 4.67. The Morgan fingerprint density at radius 2 is 2.28 bits per heavy atom. The van der Waals surface area contributed by atoms with Crippen LogP contribution in [0.25, 0.3) is 0 Å². The molecule has 1 saturated heterocycles. The molecule has 1 aromatic carbocycles. The predicted molar refractivity (Wildman–Crippen MR) is 69.0 cm³/mol. The van der Waals surface area contributed by atoms with E-state index in [-0.39, 0.29) is 17.5 Å². The lowest BCUT2D eigenvalue weighted by molar-refractivity contribution is 0.0726. The van der Waals surface area contributed by atoms with Crippen LogP contribution in [-0.2, 0) is 0 Å². The van der Waals surface area contributed by atoms with Crippen LogP contribution in [0.2, 0.25) is 0 Å². The summed E-state index contributed by atoms with van der Waals surface area (Å²) in [6.07, 6.45) is 2.95. The Hall–Kier alpha value is -1.42. The maximum Gasteiger partial charge on any atom is 0.257 e. The summed E-state index contributed by atoms with van der Waals surface area (Å²) >= 11 is 0. The third-order valence-electron chi connectivity index (χ3n) is 3.47. The topological polar surface area (TPSA) is 32.3 Å². The third-order valence-corrected chi connectivity index (χ3v) is 3.47. The van der Waals surface area contributed by atoms with Crippen LogP contribution < -0.4 is 5.32 Å². The minimum absolute atomic E-state index is 0.174. The van der Waals surface area contributed by atoms with Gasteiger partial charge in [0.25, 0.3) is 5.91 Å². The number of hydrogen-bond acceptors (Lipinski definition) is 2. The highest BCUT2D eigenvalue weighted by molar-refractivity contribution is 5.94. The van der Waals surface area contributed by atoms with Gasteiger partial charge in [-0.15, -0.1) is 0 Å². The smallest absolute Gasteiger partial charge is 0.257 e. The number of likely N-dealkylation sites (tertiary alicyclic amines) is 1. The lowest BCUT2D eigenvalue weighted by atomic mass is 10.1. The molecule has 98 valence electrons. The van der Waals surface area contributed by atoms with Gasteiger partial charge in [0, 0.05) is 12.6 Å². The molecule has 1 fully saturated rings. The van der Waals surface area contributed by atoms with E-state index in [1.807, 2.05) is 11.9 Å². The number of hydrogen-bond donors (Lipinski definition) is 1. The first-order valence-corrected chi connectivity index (χ1v) is 6.44. The highest BCUT2D eigenvalue weighted by Gasteiger charge is 2.29. The van der Waals surface area contributed by atoms with E-state index in [0.29, 0.717) is 0 Å². The van der Waals surface area contributed by atoms with Gasteiger partial charge in [-0.3, -0.25) is 4.79 Å². The summed E-state index contributed by atoms with van der Waals surface area (Å²) in [4.78, 5) is 14.1. The summed E-state index contributed by atoms with van der Waals surface area (Å²) in [6.45, 7) is 1.62. The molecule has 0 bridgehead atoms. The number of halogens is 1. The summed E-state index contributed by atoms with van der Waals surface area (Å²) in [7, 11) is 1.90. The molecular weight excluding hydrogens is 231 g/mol. The molecular formula is C14H19FN2O. The zero-order valence-corrected chi connectivity index (χ0v) is 10.7. The van der Waals surface area contributed by atoms with Crippen molar-refractivity contribution in [2.75, 3.05) is 20.1 Å². The maximum absolute atomic E-state index is 13.6. The molecule has 1 N–H and O–H groups in total. The Kier molecular flexibility index (Phi) is 4.31. The first kappa shape index (κ1) is 13.0. The molecule has 0 radical (unpaired) electrons. The first-order valence-electron chi connectivity index (χ1n) is 6.44. The Balaban J connectivity index is 2.10. The van der Waals surface area contributed by atoms with Crippen LogP contribution in [-0.4, -0.2) is 37.0 Å². The van der Waals surface area contributed by atoms with Crippen molar-refractivity contribution < 1.29 is 9.18 Å². The van der Waals surface area contributed by atoms with E-state index in [1.165, 1.54) is 6.07 Å². The minimum Gasteiger partial charge on any atom is -0.336 e. The third kappa shape index (κ3) is 2.70. The molecule has 1 atom stereocenters. The predicted octanol–water partition coefficient (Wildman–Crippen LogP) is 2.04. The Morgan fingerprint density at radius 1 is 1.50 bits per heavy atom. The fourth-order valence-electron chi connectivity index (χ4n) is 2.50. The van der Waals surface area contributed by atoms with E-state index < -0.39 is 5.82 Å².